The van der Waals surface area contributed by atoms with Crippen molar-refractivity contribution in [3.8, 4) is 6.07 Å². The molecule has 18 heavy (non-hydrogen) atoms. The predicted octanol–water partition coefficient (Wildman–Crippen LogP) is 3.52. The summed E-state index contributed by atoms with van der Waals surface area (Å²) in [6.07, 6.45) is 0.831. The molecule has 0 fully saturated rings. The maximum Gasteiger partial charge on any atom is 0.146 e. The second kappa shape index (κ2) is 6.29. The third-order valence-corrected chi connectivity index (χ3v) is 3.47. The van der Waals surface area contributed by atoms with Crippen LogP contribution in [0.3, 0.4) is 0 Å². The molecule has 0 aliphatic carbocycles. The smallest absolute Gasteiger partial charge is 0.146 e. The monoisotopic (exact) mass is 261 g/mol. The van der Waals surface area contributed by atoms with Crippen molar-refractivity contribution >= 4 is 11.3 Å². The maximum absolute atomic E-state index is 13.7. The fourth-order valence-electron chi connectivity index (χ4n) is 1.59. The summed E-state index contributed by atoms with van der Waals surface area (Å²) in [6, 6.07) is 10.6. The van der Waals surface area contributed by atoms with Gasteiger partial charge in [0.05, 0.1) is 18.8 Å². The summed E-state index contributed by atoms with van der Waals surface area (Å²) in [7, 11) is 0. The highest BCUT2D eigenvalue weighted by atomic mass is 32.1. The van der Waals surface area contributed by atoms with Crippen molar-refractivity contribution in [2.75, 3.05) is 6.61 Å². The Morgan fingerprint density at radius 3 is 2.89 bits per heavy atom. The molecule has 1 heterocycles. The lowest BCUT2D eigenvalue weighted by molar-refractivity contribution is 0.122. The third-order valence-electron chi connectivity index (χ3n) is 2.53. The number of rotatable bonds is 5. The molecular weight excluding hydrogens is 249 g/mol. The Hall–Kier alpha value is -1.70. The van der Waals surface area contributed by atoms with Crippen LogP contribution in [0.2, 0.25) is 0 Å². The Morgan fingerprint density at radius 2 is 2.17 bits per heavy atom. The molecule has 2 rings (SSSR count). The SMILES string of the molecule is N#Cc1cccc(COCCc2cccs2)c1F. The van der Waals surface area contributed by atoms with E-state index in [0.29, 0.717) is 12.2 Å². The molecule has 0 saturated carbocycles. The second-order valence-corrected chi connectivity index (χ2v) is 4.80. The number of hydrogen-bond donors (Lipinski definition) is 0. The molecule has 0 atom stereocenters. The van der Waals surface area contributed by atoms with Crippen LogP contribution in [0.25, 0.3) is 0 Å². The first kappa shape index (κ1) is 12.7. The van der Waals surface area contributed by atoms with Gasteiger partial charge in [-0.05, 0) is 17.5 Å². The van der Waals surface area contributed by atoms with E-state index >= 15 is 0 Å². The Kier molecular flexibility index (Phi) is 4.46. The summed E-state index contributed by atoms with van der Waals surface area (Å²) in [5, 5.41) is 10.7. The lowest BCUT2D eigenvalue weighted by Gasteiger charge is -2.05. The fraction of sp³-hybridized carbons (Fsp3) is 0.214. The van der Waals surface area contributed by atoms with Crippen LogP contribution in [0.4, 0.5) is 4.39 Å². The molecule has 1 aromatic heterocycles. The highest BCUT2D eigenvalue weighted by Crippen LogP contribution is 2.14. The molecule has 0 N–H and O–H groups in total. The van der Waals surface area contributed by atoms with Crippen LogP contribution < -0.4 is 0 Å². The van der Waals surface area contributed by atoms with Gasteiger partial charge in [-0.15, -0.1) is 11.3 Å². The highest BCUT2D eigenvalue weighted by Gasteiger charge is 2.07. The van der Waals surface area contributed by atoms with Crippen molar-refractivity contribution in [2.45, 2.75) is 13.0 Å². The number of thiophene rings is 1. The maximum atomic E-state index is 13.7. The standard InChI is InChI=1S/C14H12FNOS/c15-14-11(9-16)3-1-4-12(14)10-17-7-6-13-5-2-8-18-13/h1-5,8H,6-7,10H2. The van der Waals surface area contributed by atoms with Gasteiger partial charge >= 0.3 is 0 Å². The van der Waals surface area contributed by atoms with E-state index in [1.807, 2.05) is 23.6 Å². The highest BCUT2D eigenvalue weighted by molar-refractivity contribution is 7.09. The third kappa shape index (κ3) is 3.16. The van der Waals surface area contributed by atoms with Crippen LogP contribution in [0.15, 0.2) is 35.7 Å². The van der Waals surface area contributed by atoms with E-state index in [0.717, 1.165) is 6.42 Å². The van der Waals surface area contributed by atoms with Crippen LogP contribution in [0, 0.1) is 17.1 Å². The normalized spacial score (nSPS) is 10.2. The van der Waals surface area contributed by atoms with Crippen molar-refractivity contribution in [2.24, 2.45) is 0 Å². The number of hydrogen-bond acceptors (Lipinski definition) is 3. The van der Waals surface area contributed by atoms with Gasteiger partial charge < -0.3 is 4.74 Å². The molecule has 2 aromatic rings. The summed E-state index contributed by atoms with van der Waals surface area (Å²) in [6.45, 7) is 0.753. The van der Waals surface area contributed by atoms with E-state index in [-0.39, 0.29) is 12.2 Å². The number of nitrogens with zero attached hydrogens (tertiary/aromatic N) is 1. The van der Waals surface area contributed by atoms with Crippen molar-refractivity contribution in [3.63, 3.8) is 0 Å². The van der Waals surface area contributed by atoms with E-state index in [2.05, 4.69) is 0 Å². The minimum Gasteiger partial charge on any atom is -0.376 e. The Bertz CT molecular complexity index is 545. The van der Waals surface area contributed by atoms with Gasteiger partial charge in [-0.25, -0.2) is 4.39 Å². The van der Waals surface area contributed by atoms with Crippen LogP contribution in [-0.4, -0.2) is 6.61 Å². The zero-order valence-corrected chi connectivity index (χ0v) is 10.5. The number of halogens is 1. The van der Waals surface area contributed by atoms with E-state index < -0.39 is 5.82 Å². The van der Waals surface area contributed by atoms with Crippen LogP contribution in [-0.2, 0) is 17.8 Å². The summed E-state index contributed by atoms with van der Waals surface area (Å²) < 4.78 is 19.1. The van der Waals surface area contributed by atoms with Gasteiger partial charge in [-0.3, -0.25) is 0 Å². The minimum atomic E-state index is -0.476. The van der Waals surface area contributed by atoms with E-state index in [1.165, 1.54) is 10.9 Å². The first-order valence-corrected chi connectivity index (χ1v) is 6.47. The van der Waals surface area contributed by atoms with Gasteiger partial charge in [-0.2, -0.15) is 5.26 Å². The van der Waals surface area contributed by atoms with Gasteiger partial charge in [-0.1, -0.05) is 18.2 Å². The van der Waals surface area contributed by atoms with Crippen molar-refractivity contribution < 1.29 is 9.13 Å². The predicted molar refractivity (Wildman–Crippen MR) is 68.8 cm³/mol. The zero-order valence-electron chi connectivity index (χ0n) is 9.73. The summed E-state index contributed by atoms with van der Waals surface area (Å²) in [5.74, 6) is -0.476. The fourth-order valence-corrected chi connectivity index (χ4v) is 2.28. The van der Waals surface area contributed by atoms with Crippen LogP contribution >= 0.6 is 11.3 Å². The van der Waals surface area contributed by atoms with Gasteiger partial charge in [0, 0.05) is 16.9 Å². The van der Waals surface area contributed by atoms with Crippen molar-refractivity contribution in [1.29, 1.82) is 5.26 Å². The average Bonchev–Trinajstić information content (AvgIpc) is 2.89. The average molecular weight is 261 g/mol. The first-order valence-electron chi connectivity index (χ1n) is 5.59. The van der Waals surface area contributed by atoms with E-state index in [4.69, 9.17) is 10.00 Å². The molecule has 4 heteroatoms. The summed E-state index contributed by atoms with van der Waals surface area (Å²) in [4.78, 5) is 1.25. The molecule has 0 bridgehead atoms. The second-order valence-electron chi connectivity index (χ2n) is 3.77. The molecule has 0 radical (unpaired) electrons. The molecule has 2 nitrogen and oxygen atoms in total. The number of benzene rings is 1. The molecule has 0 unspecified atom stereocenters. The van der Waals surface area contributed by atoms with Gasteiger partial charge in [0.25, 0.3) is 0 Å². The van der Waals surface area contributed by atoms with Gasteiger partial charge in [0.2, 0.25) is 0 Å². The molecule has 0 amide bonds. The summed E-state index contributed by atoms with van der Waals surface area (Å²) >= 11 is 1.68. The Labute approximate surface area is 109 Å². The van der Waals surface area contributed by atoms with Gasteiger partial charge in [0.15, 0.2) is 0 Å². The molecule has 0 saturated heterocycles. The first-order chi connectivity index (χ1) is 8.81. The zero-order chi connectivity index (χ0) is 12.8. The number of ether oxygens (including phenoxy) is 1. The summed E-state index contributed by atoms with van der Waals surface area (Å²) in [5.41, 5.74) is 0.495. The molecule has 1 aromatic carbocycles. The molecule has 92 valence electrons. The van der Waals surface area contributed by atoms with Crippen LogP contribution in [0.5, 0.6) is 0 Å². The molecular formula is C14H12FNOS. The quantitative estimate of drug-likeness (QED) is 0.771. The molecule has 0 aliphatic rings. The largest absolute Gasteiger partial charge is 0.376 e. The van der Waals surface area contributed by atoms with E-state index in [1.54, 1.807) is 23.5 Å². The lowest BCUT2D eigenvalue weighted by Crippen LogP contribution is -2.01. The minimum absolute atomic E-state index is 0.0642. The van der Waals surface area contributed by atoms with Crippen molar-refractivity contribution in [3.05, 3.63) is 57.5 Å². The van der Waals surface area contributed by atoms with E-state index in [9.17, 15) is 4.39 Å². The number of nitriles is 1. The Morgan fingerprint density at radius 1 is 1.28 bits per heavy atom. The molecule has 0 spiro atoms. The Balaban J connectivity index is 1.85. The molecule has 0 aliphatic heterocycles. The van der Waals surface area contributed by atoms with Crippen molar-refractivity contribution in [1.82, 2.24) is 0 Å². The van der Waals surface area contributed by atoms with Crippen LogP contribution in [0.1, 0.15) is 16.0 Å². The van der Waals surface area contributed by atoms with Gasteiger partial charge in [0.1, 0.15) is 11.9 Å². The topological polar surface area (TPSA) is 33.0 Å². The lowest BCUT2D eigenvalue weighted by atomic mass is 10.1.